The topological polar surface area (TPSA) is 92.4 Å². The molecule has 4 rings (SSSR count). The van der Waals surface area contributed by atoms with E-state index >= 15 is 0 Å². The van der Waals surface area contributed by atoms with Crippen molar-refractivity contribution in [3.8, 4) is 11.3 Å². The Morgan fingerprint density at radius 2 is 2.14 bits per heavy atom. The summed E-state index contributed by atoms with van der Waals surface area (Å²) in [6.07, 6.45) is 2.38. The number of carbonyl (C=O) groups excluding carboxylic acids is 2. The van der Waals surface area contributed by atoms with Crippen molar-refractivity contribution in [3.63, 3.8) is 0 Å². The Labute approximate surface area is 172 Å². The summed E-state index contributed by atoms with van der Waals surface area (Å²) < 4.78 is 18.8. The number of alkyl halides is 1. The lowest BCUT2D eigenvalue weighted by Crippen LogP contribution is -2.44. The third kappa shape index (κ3) is 4.56. The van der Waals surface area contributed by atoms with Gasteiger partial charge >= 0.3 is 6.03 Å². The highest BCUT2D eigenvalue weighted by atomic mass is 32.1. The number of nitrogens with one attached hydrogen (secondary N) is 3. The fourth-order valence-electron chi connectivity index (χ4n) is 3.58. The number of nitrogens with zero attached hydrogens (tertiary/aromatic N) is 1. The van der Waals surface area contributed by atoms with Gasteiger partial charge in [-0.05, 0) is 37.0 Å². The van der Waals surface area contributed by atoms with Crippen LogP contribution in [0.1, 0.15) is 24.8 Å². The van der Waals surface area contributed by atoms with Gasteiger partial charge in [-0.3, -0.25) is 14.5 Å². The third-order valence-corrected chi connectivity index (χ3v) is 6.24. The van der Waals surface area contributed by atoms with Gasteiger partial charge in [0.15, 0.2) is 5.13 Å². The number of aryl methyl sites for hydroxylation is 1. The molecule has 1 aromatic carbocycles. The van der Waals surface area contributed by atoms with E-state index in [0.717, 1.165) is 22.5 Å². The highest BCUT2D eigenvalue weighted by Gasteiger charge is 2.33. The summed E-state index contributed by atoms with van der Waals surface area (Å²) in [5.41, 5.74) is 3.07. The quantitative estimate of drug-likeness (QED) is 0.692. The second kappa shape index (κ2) is 8.46. The van der Waals surface area contributed by atoms with Crippen molar-refractivity contribution in [2.45, 2.75) is 25.7 Å². The molecule has 0 saturated carbocycles. The largest absolute Gasteiger partial charge is 0.381 e. The predicted molar refractivity (Wildman–Crippen MR) is 110 cm³/mol. The zero-order valence-corrected chi connectivity index (χ0v) is 16.7. The van der Waals surface area contributed by atoms with Crippen LogP contribution in [0.25, 0.3) is 11.3 Å². The van der Waals surface area contributed by atoms with E-state index in [-0.39, 0.29) is 12.5 Å². The number of benzene rings is 1. The second-order valence-corrected chi connectivity index (χ2v) is 8.37. The smallest absolute Gasteiger partial charge is 0.321 e. The van der Waals surface area contributed by atoms with Gasteiger partial charge in [-0.2, -0.15) is 0 Å². The van der Waals surface area contributed by atoms with Gasteiger partial charge in [-0.25, -0.2) is 9.78 Å². The lowest BCUT2D eigenvalue weighted by atomic mass is 9.81. The van der Waals surface area contributed by atoms with Crippen LogP contribution >= 0.6 is 11.3 Å². The number of aromatic nitrogens is 1. The average Bonchev–Trinajstić information content (AvgIpc) is 3.21. The first-order valence-electron chi connectivity index (χ1n) is 9.64. The maximum Gasteiger partial charge on any atom is 0.321 e. The van der Waals surface area contributed by atoms with Crippen molar-refractivity contribution >= 4 is 34.1 Å². The highest BCUT2D eigenvalue weighted by molar-refractivity contribution is 7.14. The first-order valence-corrected chi connectivity index (χ1v) is 10.5. The van der Waals surface area contributed by atoms with E-state index in [4.69, 9.17) is 4.74 Å². The van der Waals surface area contributed by atoms with Crippen LogP contribution < -0.4 is 16.0 Å². The van der Waals surface area contributed by atoms with Crippen LogP contribution in [0.5, 0.6) is 0 Å². The minimum atomic E-state index is -0.540. The van der Waals surface area contributed by atoms with Crippen LogP contribution in [0.15, 0.2) is 23.6 Å². The zero-order valence-electron chi connectivity index (χ0n) is 15.9. The molecule has 1 fully saturated rings. The normalized spacial score (nSPS) is 17.9. The molecule has 3 amide bonds. The zero-order chi connectivity index (χ0) is 20.3. The average molecular weight is 418 g/mol. The molecule has 9 heteroatoms. The van der Waals surface area contributed by atoms with Crippen molar-refractivity contribution in [1.82, 2.24) is 10.3 Å². The lowest BCUT2D eigenvalue weighted by molar-refractivity contribution is -0.116. The fraction of sp³-hybridized carbons (Fsp3) is 0.450. The molecule has 7 nitrogen and oxygen atoms in total. The number of carbonyl (C=O) groups is 2. The van der Waals surface area contributed by atoms with Crippen molar-refractivity contribution < 1.29 is 18.7 Å². The number of urea groups is 1. The molecule has 0 spiro atoms. The van der Waals surface area contributed by atoms with Gasteiger partial charge in [0.2, 0.25) is 5.91 Å². The Morgan fingerprint density at radius 3 is 2.93 bits per heavy atom. The summed E-state index contributed by atoms with van der Waals surface area (Å²) in [4.78, 5) is 28.2. The number of halogens is 1. The summed E-state index contributed by atoms with van der Waals surface area (Å²) in [5.74, 6) is 0.0340. The van der Waals surface area contributed by atoms with Gasteiger partial charge in [0.05, 0.1) is 12.4 Å². The van der Waals surface area contributed by atoms with Gasteiger partial charge in [-0.15, -0.1) is 11.3 Å². The van der Waals surface area contributed by atoms with E-state index in [1.165, 1.54) is 11.3 Å². The van der Waals surface area contributed by atoms with E-state index in [0.29, 0.717) is 44.0 Å². The Balaban J connectivity index is 1.37. The van der Waals surface area contributed by atoms with Gasteiger partial charge < -0.3 is 15.4 Å². The summed E-state index contributed by atoms with van der Waals surface area (Å²) >= 11 is 1.33. The van der Waals surface area contributed by atoms with E-state index in [2.05, 4.69) is 20.9 Å². The van der Waals surface area contributed by atoms with Crippen LogP contribution in [-0.4, -0.2) is 43.4 Å². The Hall–Kier alpha value is -2.52. The molecule has 0 radical (unpaired) electrons. The standard InChI is InChI=1S/C20H23FN4O3S/c21-11-20(5-7-28-8-6-20)12-22-18(27)25-19-24-16(10-29-19)14-1-3-15-13(9-14)2-4-17(26)23-15/h1,3,9-10H,2,4-8,11-12H2,(H,23,26)(H2,22,24,25,27). The number of rotatable bonds is 5. The van der Waals surface area contributed by atoms with Crippen LogP contribution in [0.2, 0.25) is 0 Å². The number of anilines is 2. The molecular weight excluding hydrogens is 395 g/mol. The molecule has 29 heavy (non-hydrogen) atoms. The van der Waals surface area contributed by atoms with Gasteiger partial charge in [0.1, 0.15) is 0 Å². The number of amides is 3. The molecule has 0 unspecified atom stereocenters. The Bertz CT molecular complexity index is 911. The van der Waals surface area contributed by atoms with E-state index in [9.17, 15) is 14.0 Å². The molecule has 2 aliphatic heterocycles. The molecule has 1 saturated heterocycles. The van der Waals surface area contributed by atoms with E-state index in [1.54, 1.807) is 0 Å². The van der Waals surface area contributed by atoms with Crippen LogP contribution in [0.4, 0.5) is 20.0 Å². The molecule has 3 N–H and O–H groups in total. The van der Waals surface area contributed by atoms with Crippen molar-refractivity contribution in [2.24, 2.45) is 5.41 Å². The molecule has 2 aromatic rings. The maximum atomic E-state index is 13.5. The molecule has 2 aliphatic rings. The van der Waals surface area contributed by atoms with Crippen LogP contribution in [0.3, 0.4) is 0 Å². The van der Waals surface area contributed by atoms with Gasteiger partial charge in [-0.1, -0.05) is 6.07 Å². The van der Waals surface area contributed by atoms with Crippen molar-refractivity contribution in [1.29, 1.82) is 0 Å². The highest BCUT2D eigenvalue weighted by Crippen LogP contribution is 2.31. The lowest BCUT2D eigenvalue weighted by Gasteiger charge is -2.34. The van der Waals surface area contributed by atoms with Gasteiger partial charge in [0.25, 0.3) is 0 Å². The maximum absolute atomic E-state index is 13.5. The SMILES string of the molecule is O=C1CCc2cc(-c3csc(NC(=O)NCC4(CF)CCOCC4)n3)ccc2N1. The van der Waals surface area contributed by atoms with Crippen LogP contribution in [-0.2, 0) is 16.0 Å². The van der Waals surface area contributed by atoms with Crippen LogP contribution in [0, 0.1) is 5.41 Å². The summed E-state index contributed by atoms with van der Waals surface area (Å²) in [6.45, 7) is 0.839. The summed E-state index contributed by atoms with van der Waals surface area (Å²) in [5, 5.41) is 10.7. The minimum absolute atomic E-state index is 0.0340. The number of fused-ring (bicyclic) bond motifs is 1. The monoisotopic (exact) mass is 418 g/mol. The molecule has 0 aliphatic carbocycles. The second-order valence-electron chi connectivity index (χ2n) is 7.51. The molecule has 0 bridgehead atoms. The Morgan fingerprint density at radius 1 is 1.31 bits per heavy atom. The number of thiazole rings is 1. The molecule has 0 atom stereocenters. The number of hydrogen-bond donors (Lipinski definition) is 3. The Kier molecular flexibility index (Phi) is 5.77. The number of ether oxygens (including phenoxy) is 1. The van der Waals surface area contributed by atoms with Crippen molar-refractivity contribution in [2.75, 3.05) is 37.1 Å². The molecule has 3 heterocycles. The fourth-order valence-corrected chi connectivity index (χ4v) is 4.29. The number of hydrogen-bond acceptors (Lipinski definition) is 5. The minimum Gasteiger partial charge on any atom is -0.381 e. The summed E-state index contributed by atoms with van der Waals surface area (Å²) in [6, 6.07) is 5.41. The molecule has 154 valence electrons. The predicted octanol–water partition coefficient (Wildman–Crippen LogP) is 3.58. The molecule has 1 aromatic heterocycles. The van der Waals surface area contributed by atoms with Gasteiger partial charge in [0, 0.05) is 48.2 Å². The van der Waals surface area contributed by atoms with E-state index in [1.807, 2.05) is 23.6 Å². The first-order chi connectivity index (χ1) is 14.1. The first kappa shape index (κ1) is 19.8. The van der Waals surface area contributed by atoms with E-state index < -0.39 is 18.1 Å². The summed E-state index contributed by atoms with van der Waals surface area (Å²) in [7, 11) is 0. The third-order valence-electron chi connectivity index (χ3n) is 5.48. The molecular formula is C20H23FN4O3S. The van der Waals surface area contributed by atoms with Crippen molar-refractivity contribution in [3.05, 3.63) is 29.1 Å².